The Balaban J connectivity index is 1.61. The van der Waals surface area contributed by atoms with Crippen molar-refractivity contribution in [2.24, 2.45) is 0 Å². The molecule has 1 aliphatic heterocycles. The summed E-state index contributed by atoms with van der Waals surface area (Å²) in [6.45, 7) is 3.61. The molecule has 2 amide bonds. The molecular weight excluding hydrogens is 387 g/mol. The number of benzene rings is 2. The van der Waals surface area contributed by atoms with Crippen LogP contribution in [0.3, 0.4) is 0 Å². The van der Waals surface area contributed by atoms with E-state index < -0.39 is 0 Å². The van der Waals surface area contributed by atoms with Gasteiger partial charge in [-0.3, -0.25) is 9.59 Å². The maximum absolute atomic E-state index is 13.1. The molecule has 0 N–H and O–H groups in total. The molecule has 0 unspecified atom stereocenters. The topological polar surface area (TPSA) is 59.1 Å². The molecule has 7 heteroatoms. The molecule has 0 saturated carbocycles. The van der Waals surface area contributed by atoms with E-state index in [9.17, 15) is 14.0 Å². The van der Waals surface area contributed by atoms with Gasteiger partial charge in [0.1, 0.15) is 5.82 Å². The fourth-order valence-electron chi connectivity index (χ4n) is 3.35. The number of piperazine rings is 1. The number of nitrogens with zero attached hydrogens (tertiary/aromatic N) is 2. The molecule has 2 aromatic carbocycles. The SMILES string of the molecule is COc1ccc(C(=O)N2CCN(C(=O)/C=C(/C)c3ccc(F)cc3)CC2)cc1OC. The van der Waals surface area contributed by atoms with Crippen molar-refractivity contribution in [3.8, 4) is 11.5 Å². The highest BCUT2D eigenvalue weighted by Crippen LogP contribution is 2.28. The zero-order valence-electron chi connectivity index (χ0n) is 17.4. The number of allylic oxidation sites excluding steroid dienone is 1. The number of halogens is 1. The van der Waals surface area contributed by atoms with E-state index >= 15 is 0 Å². The van der Waals surface area contributed by atoms with Gasteiger partial charge in [-0.1, -0.05) is 12.1 Å². The van der Waals surface area contributed by atoms with E-state index in [1.165, 1.54) is 19.2 Å². The maximum atomic E-state index is 13.1. The monoisotopic (exact) mass is 412 g/mol. The van der Waals surface area contributed by atoms with E-state index in [0.717, 1.165) is 11.1 Å². The number of hydrogen-bond acceptors (Lipinski definition) is 4. The predicted molar refractivity (Wildman–Crippen MR) is 112 cm³/mol. The van der Waals surface area contributed by atoms with Crippen LogP contribution < -0.4 is 9.47 Å². The Morgan fingerprint density at radius 1 is 0.867 bits per heavy atom. The minimum Gasteiger partial charge on any atom is -0.493 e. The zero-order chi connectivity index (χ0) is 21.7. The molecule has 0 atom stereocenters. The van der Waals surface area contributed by atoms with E-state index in [4.69, 9.17) is 9.47 Å². The first-order valence-electron chi connectivity index (χ1n) is 9.67. The predicted octanol–water partition coefficient (Wildman–Crippen LogP) is 3.23. The molecule has 30 heavy (non-hydrogen) atoms. The number of methoxy groups -OCH3 is 2. The maximum Gasteiger partial charge on any atom is 0.254 e. The Hall–Kier alpha value is -3.35. The van der Waals surface area contributed by atoms with Crippen LogP contribution in [0.4, 0.5) is 4.39 Å². The fourth-order valence-corrected chi connectivity index (χ4v) is 3.35. The van der Waals surface area contributed by atoms with E-state index in [-0.39, 0.29) is 17.6 Å². The molecule has 1 aliphatic rings. The summed E-state index contributed by atoms with van der Waals surface area (Å²) < 4.78 is 23.5. The molecular formula is C23H25FN2O4. The number of carbonyl (C=O) groups is 2. The van der Waals surface area contributed by atoms with Crippen LogP contribution in [0.25, 0.3) is 5.57 Å². The van der Waals surface area contributed by atoms with Gasteiger partial charge in [0, 0.05) is 37.8 Å². The molecule has 0 spiro atoms. The molecule has 2 aromatic rings. The number of ether oxygens (including phenoxy) is 2. The first-order valence-corrected chi connectivity index (χ1v) is 9.67. The third kappa shape index (κ3) is 4.79. The third-order valence-corrected chi connectivity index (χ3v) is 5.15. The van der Waals surface area contributed by atoms with Crippen LogP contribution in [0.2, 0.25) is 0 Å². The van der Waals surface area contributed by atoms with Crippen molar-refractivity contribution >= 4 is 17.4 Å². The van der Waals surface area contributed by atoms with Gasteiger partial charge >= 0.3 is 0 Å². The average molecular weight is 412 g/mol. The number of hydrogen-bond donors (Lipinski definition) is 0. The van der Waals surface area contributed by atoms with Crippen LogP contribution in [0.5, 0.6) is 11.5 Å². The molecule has 0 radical (unpaired) electrons. The fraction of sp³-hybridized carbons (Fsp3) is 0.304. The standard InChI is InChI=1S/C23H25FN2O4/c1-16(17-4-7-19(24)8-5-17)14-22(27)25-10-12-26(13-11-25)23(28)18-6-9-20(29-2)21(15-18)30-3/h4-9,14-15H,10-13H2,1-3H3/b16-14-. The van der Waals surface area contributed by atoms with Gasteiger partial charge in [-0.15, -0.1) is 0 Å². The summed E-state index contributed by atoms with van der Waals surface area (Å²) in [7, 11) is 3.07. The van der Waals surface area contributed by atoms with Gasteiger partial charge in [0.25, 0.3) is 5.91 Å². The molecule has 6 nitrogen and oxygen atoms in total. The Kier molecular flexibility index (Phi) is 6.72. The van der Waals surface area contributed by atoms with Crippen molar-refractivity contribution in [3.05, 3.63) is 65.5 Å². The Morgan fingerprint density at radius 2 is 1.43 bits per heavy atom. The average Bonchev–Trinajstić information content (AvgIpc) is 2.78. The molecule has 0 aliphatic carbocycles. The van der Waals surface area contributed by atoms with Crippen LogP contribution in [0, 0.1) is 5.82 Å². The molecule has 1 heterocycles. The van der Waals surface area contributed by atoms with Gasteiger partial charge in [-0.2, -0.15) is 0 Å². The van der Waals surface area contributed by atoms with Gasteiger partial charge < -0.3 is 19.3 Å². The Labute approximate surface area is 175 Å². The summed E-state index contributed by atoms with van der Waals surface area (Å²) in [5.74, 6) is 0.524. The second-order valence-electron chi connectivity index (χ2n) is 7.02. The summed E-state index contributed by atoms with van der Waals surface area (Å²) in [6, 6.07) is 11.1. The molecule has 1 saturated heterocycles. The van der Waals surface area contributed by atoms with E-state index in [1.54, 1.807) is 53.3 Å². The van der Waals surface area contributed by atoms with Crippen LogP contribution >= 0.6 is 0 Å². The normalized spacial score (nSPS) is 14.5. The first kappa shape index (κ1) is 21.4. The Bertz CT molecular complexity index is 948. The number of rotatable bonds is 5. The third-order valence-electron chi connectivity index (χ3n) is 5.15. The highest BCUT2D eigenvalue weighted by Gasteiger charge is 2.25. The molecule has 0 bridgehead atoms. The van der Waals surface area contributed by atoms with Crippen LogP contribution in [0.1, 0.15) is 22.8 Å². The van der Waals surface area contributed by atoms with Gasteiger partial charge in [0.2, 0.25) is 5.91 Å². The van der Waals surface area contributed by atoms with E-state index in [1.807, 2.05) is 6.92 Å². The molecule has 0 aromatic heterocycles. The van der Waals surface area contributed by atoms with Crippen molar-refractivity contribution in [2.75, 3.05) is 40.4 Å². The van der Waals surface area contributed by atoms with Gasteiger partial charge in [0.15, 0.2) is 11.5 Å². The van der Waals surface area contributed by atoms with Crippen molar-refractivity contribution in [1.29, 1.82) is 0 Å². The van der Waals surface area contributed by atoms with Crippen molar-refractivity contribution in [3.63, 3.8) is 0 Å². The smallest absolute Gasteiger partial charge is 0.254 e. The van der Waals surface area contributed by atoms with Gasteiger partial charge in [0.05, 0.1) is 14.2 Å². The van der Waals surface area contributed by atoms with Crippen LogP contribution in [-0.2, 0) is 4.79 Å². The van der Waals surface area contributed by atoms with Crippen molar-refractivity contribution < 1.29 is 23.5 Å². The van der Waals surface area contributed by atoms with Crippen LogP contribution in [-0.4, -0.2) is 62.0 Å². The number of amides is 2. The zero-order valence-corrected chi connectivity index (χ0v) is 17.4. The minimum atomic E-state index is -0.312. The highest BCUT2D eigenvalue weighted by atomic mass is 19.1. The highest BCUT2D eigenvalue weighted by molar-refractivity contribution is 5.96. The summed E-state index contributed by atoms with van der Waals surface area (Å²) >= 11 is 0. The molecule has 158 valence electrons. The lowest BCUT2D eigenvalue weighted by atomic mass is 10.1. The van der Waals surface area contributed by atoms with E-state index in [0.29, 0.717) is 43.2 Å². The second kappa shape index (κ2) is 9.43. The number of carbonyl (C=O) groups excluding carboxylic acids is 2. The summed E-state index contributed by atoms with van der Waals surface area (Å²) in [6.07, 6.45) is 1.55. The molecule has 3 rings (SSSR count). The summed E-state index contributed by atoms with van der Waals surface area (Å²) in [5.41, 5.74) is 2.08. The lowest BCUT2D eigenvalue weighted by Gasteiger charge is -2.34. The lowest BCUT2D eigenvalue weighted by Crippen LogP contribution is -2.50. The van der Waals surface area contributed by atoms with Crippen molar-refractivity contribution in [2.45, 2.75) is 6.92 Å². The van der Waals surface area contributed by atoms with Crippen LogP contribution in [0.15, 0.2) is 48.5 Å². The van der Waals surface area contributed by atoms with Gasteiger partial charge in [-0.25, -0.2) is 4.39 Å². The summed E-state index contributed by atoms with van der Waals surface area (Å²) in [5, 5.41) is 0. The van der Waals surface area contributed by atoms with E-state index in [2.05, 4.69) is 0 Å². The Morgan fingerprint density at radius 3 is 2.03 bits per heavy atom. The minimum absolute atomic E-state index is 0.110. The largest absolute Gasteiger partial charge is 0.493 e. The summed E-state index contributed by atoms with van der Waals surface area (Å²) in [4.78, 5) is 28.8. The first-order chi connectivity index (χ1) is 14.4. The quantitative estimate of drug-likeness (QED) is 0.708. The van der Waals surface area contributed by atoms with Gasteiger partial charge in [-0.05, 0) is 48.4 Å². The van der Waals surface area contributed by atoms with Crippen molar-refractivity contribution in [1.82, 2.24) is 9.80 Å². The lowest BCUT2D eigenvalue weighted by molar-refractivity contribution is -0.127. The second-order valence-corrected chi connectivity index (χ2v) is 7.02. The molecule has 1 fully saturated rings.